The van der Waals surface area contributed by atoms with E-state index in [0.29, 0.717) is 11.8 Å². The lowest BCUT2D eigenvalue weighted by atomic mass is 9.94. The molecular formula is C17H24N6O. The van der Waals surface area contributed by atoms with Crippen LogP contribution in [-0.2, 0) is 6.42 Å². The molecule has 2 aliphatic rings. The summed E-state index contributed by atoms with van der Waals surface area (Å²) in [7, 11) is 0. The fourth-order valence-corrected chi connectivity index (χ4v) is 3.31. The molecule has 0 aromatic carbocycles. The van der Waals surface area contributed by atoms with Crippen molar-refractivity contribution < 1.29 is 4.52 Å². The number of nitrogens with zero attached hydrogens (tertiary/aromatic N) is 5. The highest BCUT2D eigenvalue weighted by Gasteiger charge is 2.24. The van der Waals surface area contributed by atoms with Crippen LogP contribution in [0.2, 0.25) is 0 Å². The summed E-state index contributed by atoms with van der Waals surface area (Å²) in [6, 6.07) is 2.07. The van der Waals surface area contributed by atoms with Crippen LogP contribution in [0, 0.1) is 18.8 Å². The summed E-state index contributed by atoms with van der Waals surface area (Å²) in [5, 5.41) is 7.46. The molecule has 2 aromatic heterocycles. The van der Waals surface area contributed by atoms with Gasteiger partial charge in [0.2, 0.25) is 5.89 Å². The van der Waals surface area contributed by atoms with Crippen LogP contribution in [0.3, 0.4) is 0 Å². The van der Waals surface area contributed by atoms with Crippen LogP contribution in [0.15, 0.2) is 16.9 Å². The molecule has 1 saturated heterocycles. The molecule has 4 rings (SSSR count). The molecule has 0 amide bonds. The number of anilines is 2. The Balaban J connectivity index is 1.38. The van der Waals surface area contributed by atoms with E-state index in [1.54, 1.807) is 6.33 Å². The number of nitrogens with one attached hydrogen (secondary N) is 1. The summed E-state index contributed by atoms with van der Waals surface area (Å²) in [5.74, 6) is 4.77. The van der Waals surface area contributed by atoms with Crippen molar-refractivity contribution in [3.63, 3.8) is 0 Å². The lowest BCUT2D eigenvalue weighted by molar-refractivity contribution is 0.369. The van der Waals surface area contributed by atoms with E-state index in [1.807, 2.05) is 6.92 Å². The van der Waals surface area contributed by atoms with E-state index in [4.69, 9.17) is 4.52 Å². The zero-order valence-electron chi connectivity index (χ0n) is 14.1. The van der Waals surface area contributed by atoms with Crippen LogP contribution in [0.25, 0.3) is 0 Å². The minimum atomic E-state index is 0.536. The molecule has 2 aromatic rings. The van der Waals surface area contributed by atoms with E-state index < -0.39 is 0 Å². The first-order valence-electron chi connectivity index (χ1n) is 8.86. The molecule has 128 valence electrons. The highest BCUT2D eigenvalue weighted by Crippen LogP contribution is 2.29. The van der Waals surface area contributed by atoms with Gasteiger partial charge in [-0.05, 0) is 37.5 Å². The maximum absolute atomic E-state index is 5.08. The van der Waals surface area contributed by atoms with Crippen LogP contribution < -0.4 is 10.2 Å². The van der Waals surface area contributed by atoms with Crippen molar-refractivity contribution in [3.05, 3.63) is 24.1 Å². The third-order valence-corrected chi connectivity index (χ3v) is 4.81. The molecule has 7 nitrogen and oxygen atoms in total. The van der Waals surface area contributed by atoms with Crippen LogP contribution >= 0.6 is 0 Å². The van der Waals surface area contributed by atoms with Crippen molar-refractivity contribution in [3.8, 4) is 0 Å². The van der Waals surface area contributed by atoms with Crippen molar-refractivity contribution in [2.45, 2.75) is 39.0 Å². The maximum Gasteiger partial charge on any atom is 0.223 e. The van der Waals surface area contributed by atoms with Gasteiger partial charge in [-0.15, -0.1) is 0 Å². The predicted molar refractivity (Wildman–Crippen MR) is 90.9 cm³/mol. The summed E-state index contributed by atoms with van der Waals surface area (Å²) in [6.07, 6.45) is 7.57. The van der Waals surface area contributed by atoms with Gasteiger partial charge in [-0.2, -0.15) is 4.98 Å². The van der Waals surface area contributed by atoms with Crippen molar-refractivity contribution in [1.82, 2.24) is 20.1 Å². The van der Waals surface area contributed by atoms with Crippen LogP contribution in [-0.4, -0.2) is 39.7 Å². The average Bonchev–Trinajstić information content (AvgIpc) is 3.35. The molecule has 3 heterocycles. The Morgan fingerprint density at radius 3 is 2.96 bits per heavy atom. The minimum Gasteiger partial charge on any atom is -0.370 e. The Morgan fingerprint density at radius 1 is 1.25 bits per heavy atom. The number of aryl methyl sites for hydroxylation is 1. The number of hydrogen-bond donors (Lipinski definition) is 1. The van der Waals surface area contributed by atoms with E-state index in [-0.39, 0.29) is 0 Å². The van der Waals surface area contributed by atoms with Gasteiger partial charge in [0.05, 0.1) is 0 Å². The molecule has 0 bridgehead atoms. The second kappa shape index (κ2) is 6.75. The lowest BCUT2D eigenvalue weighted by Crippen LogP contribution is -2.37. The molecule has 0 spiro atoms. The summed E-state index contributed by atoms with van der Waals surface area (Å²) in [6.45, 7) is 4.88. The van der Waals surface area contributed by atoms with E-state index in [2.05, 4.69) is 36.4 Å². The molecular weight excluding hydrogens is 304 g/mol. The molecule has 1 saturated carbocycles. The normalized spacial score (nSPS) is 21.0. The van der Waals surface area contributed by atoms with Crippen LogP contribution in [0.4, 0.5) is 11.6 Å². The second-order valence-corrected chi connectivity index (χ2v) is 6.97. The zero-order chi connectivity index (χ0) is 16.4. The molecule has 0 unspecified atom stereocenters. The van der Waals surface area contributed by atoms with Gasteiger partial charge >= 0.3 is 0 Å². The fourth-order valence-electron chi connectivity index (χ4n) is 3.31. The van der Waals surface area contributed by atoms with Crippen LogP contribution in [0.5, 0.6) is 0 Å². The van der Waals surface area contributed by atoms with Gasteiger partial charge in [-0.25, -0.2) is 9.97 Å². The van der Waals surface area contributed by atoms with Crippen molar-refractivity contribution in [2.24, 2.45) is 11.8 Å². The van der Waals surface area contributed by atoms with Gasteiger partial charge in [0.1, 0.15) is 18.0 Å². The summed E-state index contributed by atoms with van der Waals surface area (Å²) in [4.78, 5) is 15.5. The van der Waals surface area contributed by atoms with Gasteiger partial charge in [0, 0.05) is 39.0 Å². The van der Waals surface area contributed by atoms with E-state index >= 15 is 0 Å². The Labute approximate surface area is 141 Å². The molecule has 1 atom stereocenters. The lowest BCUT2D eigenvalue weighted by Gasteiger charge is -2.33. The fraction of sp³-hybridized carbons (Fsp3) is 0.647. The highest BCUT2D eigenvalue weighted by atomic mass is 16.5. The molecule has 1 aliphatic heterocycles. The minimum absolute atomic E-state index is 0.536. The van der Waals surface area contributed by atoms with Gasteiger partial charge in [0.25, 0.3) is 0 Å². The van der Waals surface area contributed by atoms with Crippen LogP contribution in [0.1, 0.15) is 37.4 Å². The van der Waals surface area contributed by atoms with Crippen molar-refractivity contribution >= 4 is 11.6 Å². The SMILES string of the molecule is Cc1nc(C[C@@H]2CCCN(c3cc(NCC4CC4)ncn3)C2)no1. The number of aromatic nitrogens is 4. The monoisotopic (exact) mass is 328 g/mol. The summed E-state index contributed by atoms with van der Waals surface area (Å²) < 4.78 is 5.08. The summed E-state index contributed by atoms with van der Waals surface area (Å²) >= 11 is 0. The third kappa shape index (κ3) is 3.83. The first-order valence-corrected chi connectivity index (χ1v) is 8.86. The number of hydrogen-bond acceptors (Lipinski definition) is 7. The first kappa shape index (κ1) is 15.4. The van der Waals surface area contributed by atoms with Gasteiger partial charge in [0.15, 0.2) is 5.82 Å². The predicted octanol–water partition coefficient (Wildman–Crippen LogP) is 2.45. The molecule has 2 fully saturated rings. The number of rotatable bonds is 6. The quantitative estimate of drug-likeness (QED) is 0.872. The van der Waals surface area contributed by atoms with Gasteiger partial charge in [-0.1, -0.05) is 5.16 Å². The van der Waals surface area contributed by atoms with E-state index in [9.17, 15) is 0 Å². The average molecular weight is 328 g/mol. The largest absolute Gasteiger partial charge is 0.370 e. The smallest absolute Gasteiger partial charge is 0.223 e. The maximum atomic E-state index is 5.08. The Morgan fingerprint density at radius 2 is 2.17 bits per heavy atom. The van der Waals surface area contributed by atoms with Crippen molar-refractivity contribution in [2.75, 3.05) is 29.9 Å². The Hall–Kier alpha value is -2.18. The Bertz CT molecular complexity index is 683. The second-order valence-electron chi connectivity index (χ2n) is 6.97. The highest BCUT2D eigenvalue weighted by molar-refractivity contribution is 5.48. The molecule has 7 heteroatoms. The van der Waals surface area contributed by atoms with E-state index in [0.717, 1.165) is 55.9 Å². The van der Waals surface area contributed by atoms with Gasteiger partial charge in [-0.3, -0.25) is 0 Å². The summed E-state index contributed by atoms with van der Waals surface area (Å²) in [5.41, 5.74) is 0. The first-order chi connectivity index (χ1) is 11.8. The zero-order valence-corrected chi connectivity index (χ0v) is 14.1. The molecule has 24 heavy (non-hydrogen) atoms. The standard InChI is InChI=1S/C17H24N6O/c1-12-21-16(22-24-12)7-14-3-2-6-23(10-14)17-8-15(19-11-20-17)18-9-13-4-5-13/h8,11,13-14H,2-7,9-10H2,1H3,(H,18,19,20)/t14-/m0/s1. The van der Waals surface area contributed by atoms with Gasteiger partial charge < -0.3 is 14.7 Å². The molecule has 1 aliphatic carbocycles. The topological polar surface area (TPSA) is 80.0 Å². The molecule has 1 N–H and O–H groups in total. The third-order valence-electron chi connectivity index (χ3n) is 4.81. The number of piperidine rings is 1. The Kier molecular flexibility index (Phi) is 4.32. The molecule has 0 radical (unpaired) electrons. The van der Waals surface area contributed by atoms with Crippen molar-refractivity contribution in [1.29, 1.82) is 0 Å². The van der Waals surface area contributed by atoms with E-state index in [1.165, 1.54) is 19.3 Å².